The summed E-state index contributed by atoms with van der Waals surface area (Å²) in [7, 11) is 4.87. The molecule has 4 aromatic rings. The van der Waals surface area contributed by atoms with E-state index in [4.69, 9.17) is 47.4 Å². The molecule has 2 aromatic carbocycles. The molecular weight excluding hydrogens is 671 g/mol. The summed E-state index contributed by atoms with van der Waals surface area (Å²) in [5, 5.41) is 13.5. The van der Waals surface area contributed by atoms with Gasteiger partial charge < -0.3 is 35.5 Å². The molecule has 1 saturated heterocycles. The number of likely N-dealkylation sites (N-methyl/N-ethyl adjacent to an activating group) is 1. The summed E-state index contributed by atoms with van der Waals surface area (Å²) < 4.78 is 16.0. The van der Waals surface area contributed by atoms with Crippen LogP contribution in [0.25, 0.3) is 33.6 Å². The van der Waals surface area contributed by atoms with Crippen LogP contribution in [0.2, 0.25) is 10.0 Å². The highest BCUT2D eigenvalue weighted by atomic mass is 35.5. The number of amides is 1. The SMILES string of the molecule is CNC(CNCc1ncc(-c2cccc(-c3cccc(-c4cnc(CNCC5CCC(=O)N5)c(OC)n4)c3Cl)c2Cl)nc1OC)COC=O. The van der Waals surface area contributed by atoms with Gasteiger partial charge in [-0.25, -0.2) is 9.97 Å². The van der Waals surface area contributed by atoms with E-state index >= 15 is 0 Å². The molecule has 2 unspecified atom stereocenters. The molecule has 0 spiro atoms. The number of rotatable bonds is 17. The topological polar surface area (TPSA) is 162 Å². The number of benzene rings is 2. The molecule has 0 bridgehead atoms. The van der Waals surface area contributed by atoms with Crippen LogP contribution in [-0.2, 0) is 27.4 Å². The molecule has 49 heavy (non-hydrogen) atoms. The van der Waals surface area contributed by atoms with Crippen molar-refractivity contribution in [2.45, 2.75) is 38.0 Å². The Morgan fingerprint density at radius 3 is 1.94 bits per heavy atom. The van der Waals surface area contributed by atoms with Gasteiger partial charge in [-0.2, -0.15) is 0 Å². The van der Waals surface area contributed by atoms with E-state index in [9.17, 15) is 9.59 Å². The van der Waals surface area contributed by atoms with Crippen LogP contribution in [0.5, 0.6) is 11.8 Å². The van der Waals surface area contributed by atoms with Crippen molar-refractivity contribution in [3.8, 4) is 45.4 Å². The first kappa shape index (κ1) is 35.9. The maximum absolute atomic E-state index is 11.5. The molecule has 5 rings (SSSR count). The van der Waals surface area contributed by atoms with Crippen LogP contribution in [0.1, 0.15) is 24.2 Å². The average Bonchev–Trinajstić information content (AvgIpc) is 3.54. The van der Waals surface area contributed by atoms with E-state index < -0.39 is 0 Å². The summed E-state index contributed by atoms with van der Waals surface area (Å²) in [6.07, 6.45) is 4.67. The van der Waals surface area contributed by atoms with E-state index in [2.05, 4.69) is 31.2 Å². The Labute approximate surface area is 294 Å². The van der Waals surface area contributed by atoms with E-state index in [-0.39, 0.29) is 24.6 Å². The van der Waals surface area contributed by atoms with Gasteiger partial charge in [-0.1, -0.05) is 59.6 Å². The minimum atomic E-state index is -0.0649. The summed E-state index contributed by atoms with van der Waals surface area (Å²) in [6.45, 7) is 2.65. The maximum atomic E-state index is 11.5. The molecule has 1 amide bonds. The summed E-state index contributed by atoms with van der Waals surface area (Å²) in [5.74, 6) is 0.808. The van der Waals surface area contributed by atoms with Crippen LogP contribution >= 0.6 is 23.2 Å². The van der Waals surface area contributed by atoms with Gasteiger partial charge in [0, 0.05) is 60.9 Å². The lowest BCUT2D eigenvalue weighted by atomic mass is 9.98. The molecule has 1 aliphatic heterocycles. The number of methoxy groups -OCH3 is 2. The molecule has 13 nitrogen and oxygen atoms in total. The highest BCUT2D eigenvalue weighted by Crippen LogP contribution is 2.42. The van der Waals surface area contributed by atoms with Crippen molar-refractivity contribution in [3.63, 3.8) is 0 Å². The van der Waals surface area contributed by atoms with Gasteiger partial charge in [-0.3, -0.25) is 19.6 Å². The fourth-order valence-corrected chi connectivity index (χ4v) is 6.11. The van der Waals surface area contributed by atoms with Crippen molar-refractivity contribution in [3.05, 3.63) is 70.2 Å². The molecule has 258 valence electrons. The molecule has 0 radical (unpaired) electrons. The van der Waals surface area contributed by atoms with Crippen LogP contribution in [0.15, 0.2) is 48.8 Å². The number of hydrogen-bond acceptors (Lipinski definition) is 12. The first-order valence-corrected chi connectivity index (χ1v) is 16.4. The molecule has 0 saturated carbocycles. The molecule has 15 heteroatoms. The molecular formula is C34H38Cl2N8O5. The van der Waals surface area contributed by atoms with E-state index in [1.54, 1.807) is 26.6 Å². The Bertz CT molecular complexity index is 1780. The lowest BCUT2D eigenvalue weighted by molar-refractivity contribution is -0.129. The molecule has 3 heterocycles. The number of aromatic nitrogens is 4. The second kappa shape index (κ2) is 17.3. The third-order valence-corrected chi connectivity index (χ3v) is 8.89. The van der Waals surface area contributed by atoms with Crippen LogP contribution in [0, 0.1) is 0 Å². The van der Waals surface area contributed by atoms with Crippen LogP contribution in [-0.4, -0.2) is 85.4 Å². The van der Waals surface area contributed by atoms with Crippen molar-refractivity contribution in [2.75, 3.05) is 41.0 Å². The number of halogens is 2. The predicted molar refractivity (Wildman–Crippen MR) is 186 cm³/mol. The smallest absolute Gasteiger partial charge is 0.293 e. The lowest BCUT2D eigenvalue weighted by Gasteiger charge is -2.16. The summed E-state index contributed by atoms with van der Waals surface area (Å²) in [5.41, 5.74) is 5.05. The number of nitrogens with one attached hydrogen (secondary N) is 4. The zero-order chi connectivity index (χ0) is 34.8. The molecule has 1 aliphatic rings. The maximum Gasteiger partial charge on any atom is 0.293 e. The van der Waals surface area contributed by atoms with Crippen molar-refractivity contribution in [2.24, 2.45) is 0 Å². The molecule has 4 N–H and O–H groups in total. The molecule has 2 aromatic heterocycles. The first-order valence-electron chi connectivity index (χ1n) is 15.7. The Morgan fingerprint density at radius 2 is 1.45 bits per heavy atom. The quantitative estimate of drug-likeness (QED) is 0.118. The van der Waals surface area contributed by atoms with Crippen molar-refractivity contribution < 1.29 is 23.8 Å². The summed E-state index contributed by atoms with van der Waals surface area (Å²) in [4.78, 5) is 40.6. The number of hydrogen-bond donors (Lipinski definition) is 4. The molecule has 1 fully saturated rings. The largest absolute Gasteiger partial charge is 0.480 e. The second-order valence-corrected chi connectivity index (χ2v) is 12.0. The number of nitrogens with zero attached hydrogens (tertiary/aromatic N) is 4. The van der Waals surface area contributed by atoms with Crippen LogP contribution < -0.4 is 30.7 Å². The third-order valence-electron chi connectivity index (χ3n) is 8.07. The number of carbonyl (C=O) groups excluding carboxylic acids is 2. The molecule has 2 atom stereocenters. The normalized spacial score (nSPS) is 14.7. The van der Waals surface area contributed by atoms with Crippen molar-refractivity contribution in [1.29, 1.82) is 0 Å². The van der Waals surface area contributed by atoms with Gasteiger partial charge in [0.2, 0.25) is 17.7 Å². The monoisotopic (exact) mass is 708 g/mol. The Kier molecular flexibility index (Phi) is 12.7. The Balaban J connectivity index is 1.34. The predicted octanol–water partition coefficient (Wildman–Crippen LogP) is 3.81. The van der Waals surface area contributed by atoms with Crippen molar-refractivity contribution >= 4 is 35.6 Å². The number of carbonyl (C=O) groups is 2. The van der Waals surface area contributed by atoms with Crippen LogP contribution in [0.3, 0.4) is 0 Å². The van der Waals surface area contributed by atoms with Gasteiger partial charge >= 0.3 is 0 Å². The van der Waals surface area contributed by atoms with E-state index in [1.807, 2.05) is 36.4 Å². The van der Waals surface area contributed by atoms with Gasteiger partial charge in [-0.05, 0) is 13.5 Å². The Hall–Kier alpha value is -4.40. The fraction of sp³-hybridized carbons (Fsp3) is 0.353. The van der Waals surface area contributed by atoms with E-state index in [1.165, 1.54) is 7.11 Å². The van der Waals surface area contributed by atoms with Gasteiger partial charge in [0.15, 0.2) is 0 Å². The zero-order valence-corrected chi connectivity index (χ0v) is 28.9. The number of ether oxygens (including phenoxy) is 3. The van der Waals surface area contributed by atoms with E-state index in [0.29, 0.717) is 106 Å². The minimum absolute atomic E-state index is 0.0649. The molecule has 0 aliphatic carbocycles. The van der Waals surface area contributed by atoms with Crippen molar-refractivity contribution in [1.82, 2.24) is 41.2 Å². The first-order chi connectivity index (χ1) is 23.9. The minimum Gasteiger partial charge on any atom is -0.480 e. The average molecular weight is 710 g/mol. The Morgan fingerprint density at radius 1 is 0.898 bits per heavy atom. The van der Waals surface area contributed by atoms with E-state index in [0.717, 1.165) is 6.42 Å². The zero-order valence-electron chi connectivity index (χ0n) is 27.4. The summed E-state index contributed by atoms with van der Waals surface area (Å²) in [6, 6.07) is 11.3. The van der Waals surface area contributed by atoms with Gasteiger partial charge in [0.25, 0.3) is 6.47 Å². The highest BCUT2D eigenvalue weighted by molar-refractivity contribution is 6.39. The second-order valence-electron chi connectivity index (χ2n) is 11.2. The van der Waals surface area contributed by atoms with Gasteiger partial charge in [0.1, 0.15) is 18.0 Å². The summed E-state index contributed by atoms with van der Waals surface area (Å²) >= 11 is 14.1. The highest BCUT2D eigenvalue weighted by Gasteiger charge is 2.22. The van der Waals surface area contributed by atoms with Crippen LogP contribution in [0.4, 0.5) is 0 Å². The third kappa shape index (κ3) is 8.80. The van der Waals surface area contributed by atoms with Gasteiger partial charge in [0.05, 0.1) is 54.1 Å². The lowest BCUT2D eigenvalue weighted by Crippen LogP contribution is -2.39. The fourth-order valence-electron chi connectivity index (χ4n) is 5.46. The van der Waals surface area contributed by atoms with Gasteiger partial charge in [-0.15, -0.1) is 0 Å². The standard InChI is InChI=1S/C34H38Cl2N8O5/c1-37-21(18-49-19-45)13-39-15-29-34(48-3)44-27(17-41-29)25-9-5-7-23(32(25)36)22-6-4-8-24(31(22)35)26-16-40-28(33(43-26)47-2)14-38-12-20-10-11-30(46)42-20/h4-9,16-17,19-21,37-39H,10-15,18H2,1-3H3,(H,42,46).